The van der Waals surface area contributed by atoms with E-state index >= 15 is 0 Å². The van der Waals surface area contributed by atoms with Gasteiger partial charge in [-0.25, -0.2) is 0 Å². The fourth-order valence-corrected chi connectivity index (χ4v) is 3.12. The molecule has 2 fully saturated rings. The summed E-state index contributed by atoms with van der Waals surface area (Å²) in [5.41, 5.74) is 0. The van der Waals surface area contributed by atoms with Crippen molar-refractivity contribution in [1.82, 2.24) is 10.2 Å². The summed E-state index contributed by atoms with van der Waals surface area (Å²) in [7, 11) is 0. The quantitative estimate of drug-likeness (QED) is 0.866. The van der Waals surface area contributed by atoms with Crippen molar-refractivity contribution < 1.29 is 22.7 Å². The maximum atomic E-state index is 12.8. The van der Waals surface area contributed by atoms with Crippen LogP contribution in [0.2, 0.25) is 0 Å². The highest BCUT2D eigenvalue weighted by molar-refractivity contribution is 5.81. The number of morpholine rings is 1. The minimum atomic E-state index is -4.13. The number of nitrogens with one attached hydrogen (secondary N) is 1. The fraction of sp³-hybridized carbons (Fsp3) is 0.929. The lowest BCUT2D eigenvalue weighted by Crippen LogP contribution is -2.52. The average Bonchev–Trinajstić information content (AvgIpc) is 2.47. The van der Waals surface area contributed by atoms with Crippen molar-refractivity contribution in [2.24, 2.45) is 5.92 Å². The first-order chi connectivity index (χ1) is 9.88. The number of nitrogens with zero attached hydrogens (tertiary/aromatic N) is 1. The highest BCUT2D eigenvalue weighted by atomic mass is 19.4. The van der Waals surface area contributed by atoms with Gasteiger partial charge in [-0.05, 0) is 26.2 Å². The molecule has 3 atom stereocenters. The van der Waals surface area contributed by atoms with E-state index in [0.29, 0.717) is 39.1 Å². The largest absolute Gasteiger partial charge is 0.391 e. The second kappa shape index (κ2) is 6.96. The number of carbonyl (C=O) groups excluding carboxylic acids is 1. The van der Waals surface area contributed by atoms with E-state index in [-0.39, 0.29) is 24.8 Å². The Balaban J connectivity index is 1.84. The van der Waals surface area contributed by atoms with Crippen LogP contribution in [0.3, 0.4) is 0 Å². The zero-order valence-electron chi connectivity index (χ0n) is 12.3. The van der Waals surface area contributed by atoms with Gasteiger partial charge in [0, 0.05) is 19.1 Å². The van der Waals surface area contributed by atoms with E-state index in [1.165, 1.54) is 0 Å². The van der Waals surface area contributed by atoms with Crippen LogP contribution in [0.25, 0.3) is 0 Å². The van der Waals surface area contributed by atoms with E-state index < -0.39 is 18.1 Å². The minimum Gasteiger partial charge on any atom is -0.378 e. The molecule has 1 saturated heterocycles. The predicted octanol–water partition coefficient (Wildman–Crippen LogP) is 1.94. The Hall–Kier alpha value is -0.820. The molecule has 21 heavy (non-hydrogen) atoms. The summed E-state index contributed by atoms with van der Waals surface area (Å²) >= 11 is 0. The monoisotopic (exact) mass is 308 g/mol. The molecule has 1 amide bonds. The van der Waals surface area contributed by atoms with Gasteiger partial charge in [0.25, 0.3) is 0 Å². The van der Waals surface area contributed by atoms with Crippen molar-refractivity contribution in [3.05, 3.63) is 0 Å². The van der Waals surface area contributed by atoms with Crippen molar-refractivity contribution in [1.29, 1.82) is 0 Å². The Kier molecular flexibility index (Phi) is 5.48. The van der Waals surface area contributed by atoms with Gasteiger partial charge in [0.05, 0.1) is 25.2 Å². The highest BCUT2D eigenvalue weighted by Gasteiger charge is 2.42. The molecule has 3 unspecified atom stereocenters. The van der Waals surface area contributed by atoms with Crippen LogP contribution in [0.15, 0.2) is 0 Å². The maximum absolute atomic E-state index is 12.8. The van der Waals surface area contributed by atoms with Gasteiger partial charge >= 0.3 is 6.18 Å². The number of halogens is 3. The normalized spacial score (nSPS) is 29.2. The number of carbonyl (C=O) groups is 1. The standard InChI is InChI=1S/C14H23F3N2O2/c1-10(13(20)19-5-7-21-8-6-19)18-12-4-2-3-11(9-12)14(15,16)17/h10-12,18H,2-9H2,1H3. The third-order valence-electron chi connectivity index (χ3n) is 4.32. The summed E-state index contributed by atoms with van der Waals surface area (Å²) in [6.45, 7) is 3.90. The zero-order chi connectivity index (χ0) is 15.5. The third-order valence-corrected chi connectivity index (χ3v) is 4.32. The zero-order valence-corrected chi connectivity index (χ0v) is 12.3. The Morgan fingerprint density at radius 1 is 1.29 bits per heavy atom. The fourth-order valence-electron chi connectivity index (χ4n) is 3.12. The highest BCUT2D eigenvalue weighted by Crippen LogP contribution is 2.37. The number of alkyl halides is 3. The first-order valence-corrected chi connectivity index (χ1v) is 7.57. The van der Waals surface area contributed by atoms with Crippen LogP contribution >= 0.6 is 0 Å². The topological polar surface area (TPSA) is 41.6 Å². The maximum Gasteiger partial charge on any atom is 0.391 e. The predicted molar refractivity (Wildman–Crippen MR) is 71.8 cm³/mol. The molecule has 4 nitrogen and oxygen atoms in total. The lowest BCUT2D eigenvalue weighted by atomic mass is 9.85. The second-order valence-electron chi connectivity index (χ2n) is 5.93. The summed E-state index contributed by atoms with van der Waals surface area (Å²) in [6, 6.07) is -0.676. The summed E-state index contributed by atoms with van der Waals surface area (Å²) in [5.74, 6) is -1.29. The van der Waals surface area contributed by atoms with Crippen LogP contribution in [-0.2, 0) is 9.53 Å². The minimum absolute atomic E-state index is 0.0487. The van der Waals surface area contributed by atoms with E-state index in [4.69, 9.17) is 4.74 Å². The number of hydrogen-bond acceptors (Lipinski definition) is 3. The molecule has 0 radical (unpaired) electrons. The Morgan fingerprint density at radius 3 is 2.57 bits per heavy atom. The van der Waals surface area contributed by atoms with Gasteiger partial charge in [-0.15, -0.1) is 0 Å². The summed E-state index contributed by atoms with van der Waals surface area (Å²) < 4.78 is 43.5. The number of ether oxygens (including phenoxy) is 1. The molecule has 0 aromatic carbocycles. The molecule has 2 aliphatic rings. The van der Waals surface area contributed by atoms with Crippen LogP contribution in [0, 0.1) is 5.92 Å². The first kappa shape index (κ1) is 16.5. The molecule has 1 aliphatic carbocycles. The molecule has 1 saturated carbocycles. The van der Waals surface area contributed by atoms with Crippen molar-refractivity contribution in [2.75, 3.05) is 26.3 Å². The Labute approximate surface area is 123 Å². The van der Waals surface area contributed by atoms with Crippen LogP contribution in [-0.4, -0.2) is 55.4 Å². The third kappa shape index (κ3) is 4.57. The van der Waals surface area contributed by atoms with Crippen LogP contribution in [0.1, 0.15) is 32.6 Å². The Morgan fingerprint density at radius 2 is 1.95 bits per heavy atom. The molecule has 1 heterocycles. The van der Waals surface area contributed by atoms with Gasteiger partial charge in [-0.2, -0.15) is 13.2 Å². The molecule has 1 N–H and O–H groups in total. The lowest BCUT2D eigenvalue weighted by molar-refractivity contribution is -0.183. The van der Waals surface area contributed by atoms with E-state index in [0.717, 1.165) is 0 Å². The van der Waals surface area contributed by atoms with Gasteiger partial charge in [0.2, 0.25) is 5.91 Å². The van der Waals surface area contributed by atoms with Gasteiger partial charge < -0.3 is 15.0 Å². The summed E-state index contributed by atoms with van der Waals surface area (Å²) in [4.78, 5) is 13.9. The van der Waals surface area contributed by atoms with Crippen molar-refractivity contribution in [3.8, 4) is 0 Å². The molecule has 1 aliphatic heterocycles. The van der Waals surface area contributed by atoms with Gasteiger partial charge in [0.1, 0.15) is 0 Å². The molecule has 7 heteroatoms. The Bertz CT molecular complexity index is 357. The molecular weight excluding hydrogens is 285 g/mol. The lowest BCUT2D eigenvalue weighted by Gasteiger charge is -2.34. The average molecular weight is 308 g/mol. The van der Waals surface area contributed by atoms with E-state index in [2.05, 4.69) is 5.32 Å². The summed E-state index contributed by atoms with van der Waals surface area (Å²) in [5, 5.41) is 3.09. The molecule has 0 bridgehead atoms. The summed E-state index contributed by atoms with van der Waals surface area (Å²) in [6.07, 6.45) is -2.59. The molecule has 2 rings (SSSR count). The van der Waals surface area contributed by atoms with E-state index in [9.17, 15) is 18.0 Å². The number of rotatable bonds is 3. The van der Waals surface area contributed by atoms with E-state index in [1.807, 2.05) is 0 Å². The molecule has 122 valence electrons. The first-order valence-electron chi connectivity index (χ1n) is 7.57. The van der Waals surface area contributed by atoms with Crippen molar-refractivity contribution in [2.45, 2.75) is 50.9 Å². The van der Waals surface area contributed by atoms with Crippen molar-refractivity contribution >= 4 is 5.91 Å². The number of hydrogen-bond donors (Lipinski definition) is 1. The molecular formula is C14H23F3N2O2. The van der Waals surface area contributed by atoms with Gasteiger partial charge in [0.15, 0.2) is 0 Å². The smallest absolute Gasteiger partial charge is 0.378 e. The SMILES string of the molecule is CC(NC1CCCC(C(F)(F)F)C1)C(=O)N1CCOCC1. The van der Waals surface area contributed by atoms with E-state index in [1.54, 1.807) is 11.8 Å². The van der Waals surface area contributed by atoms with Crippen LogP contribution in [0.5, 0.6) is 0 Å². The molecule has 0 aromatic heterocycles. The number of amides is 1. The van der Waals surface area contributed by atoms with Gasteiger partial charge in [-0.3, -0.25) is 4.79 Å². The van der Waals surface area contributed by atoms with Crippen LogP contribution in [0.4, 0.5) is 13.2 Å². The van der Waals surface area contributed by atoms with Gasteiger partial charge in [-0.1, -0.05) is 6.42 Å². The molecule has 0 spiro atoms. The second-order valence-corrected chi connectivity index (χ2v) is 5.93. The van der Waals surface area contributed by atoms with Crippen LogP contribution < -0.4 is 5.32 Å². The van der Waals surface area contributed by atoms with Crippen molar-refractivity contribution in [3.63, 3.8) is 0 Å². The molecule has 0 aromatic rings.